The summed E-state index contributed by atoms with van der Waals surface area (Å²) in [5, 5.41) is 2.77. The molecule has 3 heteroatoms. The lowest BCUT2D eigenvalue weighted by atomic mass is 9.74. The minimum Gasteiger partial charge on any atom is -0.378 e. The van der Waals surface area contributed by atoms with Crippen molar-refractivity contribution in [3.63, 3.8) is 0 Å². The van der Waals surface area contributed by atoms with Crippen LogP contribution in [0.25, 0.3) is 22.9 Å². The first-order chi connectivity index (χ1) is 15.8. The second-order valence-electron chi connectivity index (χ2n) is 8.99. The van der Waals surface area contributed by atoms with E-state index in [1.807, 2.05) is 6.08 Å². The van der Waals surface area contributed by atoms with E-state index < -0.39 is 0 Å². The van der Waals surface area contributed by atoms with Crippen LogP contribution in [0, 0.1) is 5.92 Å². The molecule has 1 atom stereocenters. The molecule has 0 aromatic heterocycles. The molecule has 3 aromatic carbocycles. The highest BCUT2D eigenvalue weighted by atomic mass is 16.5. The lowest BCUT2D eigenvalue weighted by molar-refractivity contribution is -0.116. The molecule has 0 radical (unpaired) electrons. The van der Waals surface area contributed by atoms with Gasteiger partial charge in [0.2, 0.25) is 0 Å². The molecule has 1 saturated heterocycles. The van der Waals surface area contributed by atoms with Crippen molar-refractivity contribution in [3.8, 4) is 0 Å². The summed E-state index contributed by atoms with van der Waals surface area (Å²) in [4.78, 5) is 15.4. The van der Waals surface area contributed by atoms with E-state index >= 15 is 0 Å². The molecule has 0 amide bonds. The molecule has 7 rings (SSSR count). The molecule has 32 heavy (non-hydrogen) atoms. The minimum absolute atomic E-state index is 0.0720. The Morgan fingerprint density at radius 1 is 0.906 bits per heavy atom. The fourth-order valence-electron chi connectivity index (χ4n) is 5.52. The Hall–Kier alpha value is -3.17. The zero-order chi connectivity index (χ0) is 21.5. The molecule has 1 heterocycles. The van der Waals surface area contributed by atoms with Gasteiger partial charge in [-0.1, -0.05) is 54.6 Å². The van der Waals surface area contributed by atoms with Gasteiger partial charge < -0.3 is 9.64 Å². The topological polar surface area (TPSA) is 29.5 Å². The third-order valence-electron chi connectivity index (χ3n) is 7.21. The number of nitrogens with zero attached hydrogens (tertiary/aromatic N) is 1. The summed E-state index contributed by atoms with van der Waals surface area (Å²) in [6.45, 7) is 3.44. The average molecular weight is 422 g/mol. The maximum Gasteiger partial charge on any atom is 0.162 e. The smallest absolute Gasteiger partial charge is 0.162 e. The Kier molecular flexibility index (Phi) is 4.92. The van der Waals surface area contributed by atoms with Crippen molar-refractivity contribution in [3.05, 3.63) is 88.5 Å². The molecule has 3 aromatic rings. The summed E-state index contributed by atoms with van der Waals surface area (Å²) < 4.78 is 5.43. The van der Waals surface area contributed by atoms with Gasteiger partial charge in [0.15, 0.2) is 5.78 Å². The largest absolute Gasteiger partial charge is 0.378 e. The summed E-state index contributed by atoms with van der Waals surface area (Å²) in [6, 6.07) is 17.2. The maximum absolute atomic E-state index is 13.0. The van der Waals surface area contributed by atoms with E-state index in [0.29, 0.717) is 0 Å². The third kappa shape index (κ3) is 3.37. The lowest BCUT2D eigenvalue weighted by Gasteiger charge is -2.30. The Morgan fingerprint density at radius 3 is 2.41 bits per heavy atom. The van der Waals surface area contributed by atoms with Crippen LogP contribution in [-0.4, -0.2) is 32.1 Å². The van der Waals surface area contributed by atoms with Gasteiger partial charge in [0.05, 0.1) is 13.2 Å². The summed E-state index contributed by atoms with van der Waals surface area (Å²) >= 11 is 0. The molecule has 1 fully saturated rings. The number of carbonyl (C=O) groups excluding carboxylic acids is 1. The van der Waals surface area contributed by atoms with Crippen molar-refractivity contribution in [1.82, 2.24) is 0 Å². The van der Waals surface area contributed by atoms with Crippen LogP contribution in [0.15, 0.2) is 60.7 Å². The van der Waals surface area contributed by atoms with Crippen LogP contribution >= 0.6 is 0 Å². The molecular weight excluding hydrogens is 394 g/mol. The molecule has 0 spiro atoms. The number of anilines is 1. The van der Waals surface area contributed by atoms with E-state index in [0.717, 1.165) is 51.1 Å². The van der Waals surface area contributed by atoms with Crippen LogP contribution in [-0.2, 0) is 28.8 Å². The van der Waals surface area contributed by atoms with Gasteiger partial charge in [0.1, 0.15) is 0 Å². The standard InChI is InChI=1S/C29H27NO2/c31-29(14-7-20-5-9-22(10-6-20)30-15-17-32-18-16-30)21-8-11-26-25-12-13-27(28(26)19-21)24-4-2-1-3-23(24)25/h1-11,14,21H,12-13,15-19H2/b14-7+. The maximum atomic E-state index is 13.0. The second-order valence-corrected chi connectivity index (χ2v) is 8.99. The van der Waals surface area contributed by atoms with E-state index in [2.05, 4.69) is 65.6 Å². The van der Waals surface area contributed by atoms with E-state index in [1.54, 1.807) is 6.08 Å². The highest BCUT2D eigenvalue weighted by Gasteiger charge is 2.28. The molecule has 0 saturated carbocycles. The first-order valence-electron chi connectivity index (χ1n) is 11.7. The Labute approximate surface area is 189 Å². The Balaban J connectivity index is 1.19. The molecule has 1 unspecified atom stereocenters. The van der Waals surface area contributed by atoms with Crippen molar-refractivity contribution < 1.29 is 9.53 Å². The first-order valence-corrected chi connectivity index (χ1v) is 11.7. The lowest BCUT2D eigenvalue weighted by Crippen LogP contribution is -2.36. The molecule has 3 nitrogen and oxygen atoms in total. The zero-order valence-corrected chi connectivity index (χ0v) is 18.2. The van der Waals surface area contributed by atoms with Gasteiger partial charge in [-0.15, -0.1) is 0 Å². The van der Waals surface area contributed by atoms with Gasteiger partial charge in [-0.05, 0) is 76.1 Å². The third-order valence-corrected chi connectivity index (χ3v) is 7.21. The van der Waals surface area contributed by atoms with Crippen LogP contribution in [0.3, 0.4) is 0 Å². The van der Waals surface area contributed by atoms with Crippen molar-refractivity contribution in [1.29, 1.82) is 0 Å². The van der Waals surface area contributed by atoms with Crippen molar-refractivity contribution in [2.75, 3.05) is 31.2 Å². The minimum atomic E-state index is -0.0720. The predicted octanol–water partition coefficient (Wildman–Crippen LogP) is 5.24. The van der Waals surface area contributed by atoms with Crippen LogP contribution < -0.4 is 4.90 Å². The number of hydrogen-bond donors (Lipinski definition) is 0. The van der Waals surface area contributed by atoms with Crippen LogP contribution in [0.4, 0.5) is 5.69 Å². The second kappa shape index (κ2) is 8.07. The van der Waals surface area contributed by atoms with Crippen LogP contribution in [0.2, 0.25) is 0 Å². The number of hydrogen-bond acceptors (Lipinski definition) is 3. The average Bonchev–Trinajstić information content (AvgIpc) is 2.88. The van der Waals surface area contributed by atoms with Crippen LogP contribution in [0.1, 0.15) is 27.8 Å². The molecule has 2 bridgehead atoms. The normalized spacial score (nSPS) is 19.6. The first kappa shape index (κ1) is 19.5. The van der Waals surface area contributed by atoms with E-state index in [9.17, 15) is 4.79 Å². The Bertz CT molecular complexity index is 1250. The van der Waals surface area contributed by atoms with Crippen molar-refractivity contribution in [2.24, 2.45) is 5.92 Å². The number of allylic oxidation sites excluding steroid dienone is 2. The van der Waals surface area contributed by atoms with Gasteiger partial charge >= 0.3 is 0 Å². The highest BCUT2D eigenvalue weighted by molar-refractivity contribution is 6.00. The number of morpholine rings is 1. The monoisotopic (exact) mass is 421 g/mol. The molecular formula is C29H27NO2. The summed E-state index contributed by atoms with van der Waals surface area (Å²) in [5.41, 5.74) is 7.96. The predicted molar refractivity (Wildman–Crippen MR) is 131 cm³/mol. The number of aryl methyl sites for hydroxylation is 2. The summed E-state index contributed by atoms with van der Waals surface area (Å²) in [5.74, 6) is 0.114. The number of fused-ring (bicyclic) bond motifs is 1. The van der Waals surface area contributed by atoms with Gasteiger partial charge in [-0.3, -0.25) is 4.79 Å². The number of ketones is 1. The number of benzene rings is 3. The van der Waals surface area contributed by atoms with E-state index in [4.69, 9.17) is 4.74 Å². The van der Waals surface area contributed by atoms with Crippen molar-refractivity contribution in [2.45, 2.75) is 19.3 Å². The van der Waals surface area contributed by atoms with Gasteiger partial charge in [-0.25, -0.2) is 0 Å². The quantitative estimate of drug-likeness (QED) is 0.540. The number of rotatable bonds is 4. The SMILES string of the molecule is O=C(/C=C/c1ccc(N2CCOCC2)cc1)C1C=Cc2c(c3c4ccccc4c2CC3)C1. The van der Waals surface area contributed by atoms with Gasteiger partial charge in [0.25, 0.3) is 0 Å². The van der Waals surface area contributed by atoms with Crippen LogP contribution in [0.5, 0.6) is 0 Å². The number of ether oxygens (including phenoxy) is 1. The molecule has 4 aliphatic rings. The number of carbonyl (C=O) groups is 1. The van der Waals surface area contributed by atoms with E-state index in [1.165, 1.54) is 38.7 Å². The Morgan fingerprint density at radius 2 is 1.62 bits per heavy atom. The molecule has 1 aliphatic heterocycles. The molecule has 3 aliphatic carbocycles. The summed E-state index contributed by atoms with van der Waals surface area (Å²) in [6.07, 6.45) is 11.1. The van der Waals surface area contributed by atoms with E-state index in [-0.39, 0.29) is 11.7 Å². The molecule has 0 N–H and O–H groups in total. The van der Waals surface area contributed by atoms with Crippen molar-refractivity contribution >= 4 is 34.4 Å². The molecule has 160 valence electrons. The fraction of sp³-hybridized carbons (Fsp3) is 0.276. The highest BCUT2D eigenvalue weighted by Crippen LogP contribution is 2.41. The zero-order valence-electron chi connectivity index (χ0n) is 18.2. The van der Waals surface area contributed by atoms with Gasteiger partial charge in [0, 0.05) is 24.7 Å². The fourth-order valence-corrected chi connectivity index (χ4v) is 5.52. The van der Waals surface area contributed by atoms with Gasteiger partial charge in [-0.2, -0.15) is 0 Å². The summed E-state index contributed by atoms with van der Waals surface area (Å²) in [7, 11) is 0.